The number of phenolic OH excluding ortho intramolecular Hbond substituents is 2. The minimum Gasteiger partial charge on any atom is -0.508 e. The number of hydrogen-bond donors (Lipinski definition) is 3. The monoisotopic (exact) mass is 345 g/mol. The van der Waals surface area contributed by atoms with E-state index in [9.17, 15) is 15.0 Å². The minimum absolute atomic E-state index is 0.000880. The molecule has 2 saturated carbocycles. The molecule has 0 radical (unpaired) electrons. The largest absolute Gasteiger partial charge is 0.508 e. The number of carbonyl (C=O) groups is 1. The van der Waals surface area contributed by atoms with Gasteiger partial charge in [0.1, 0.15) is 11.5 Å². The first-order valence-electron chi connectivity index (χ1n) is 9.39. The molecule has 138 valence electrons. The number of rotatable bonds is 2. The van der Waals surface area contributed by atoms with Crippen LogP contribution in [0.25, 0.3) is 0 Å². The van der Waals surface area contributed by atoms with Crippen LogP contribution in [0.4, 0.5) is 0 Å². The number of fused-ring (bicyclic) bond motifs is 1. The van der Waals surface area contributed by atoms with E-state index in [1.165, 1.54) is 24.6 Å². The van der Waals surface area contributed by atoms with Gasteiger partial charge in [0, 0.05) is 23.6 Å². The average molecular weight is 345 g/mol. The molecule has 2 aliphatic carbocycles. The maximum atomic E-state index is 13.5. The second-order valence-corrected chi connectivity index (χ2v) is 9.24. The Labute approximate surface area is 150 Å². The smallest absolute Gasteiger partial charge is 0.167 e. The summed E-state index contributed by atoms with van der Waals surface area (Å²) in [4.78, 5) is 13.5. The van der Waals surface area contributed by atoms with Gasteiger partial charge in [-0.25, -0.2) is 0 Å². The summed E-state index contributed by atoms with van der Waals surface area (Å²) in [5.41, 5.74) is 6.93. The minimum atomic E-state index is -0.193. The molecule has 4 heteroatoms. The van der Waals surface area contributed by atoms with Gasteiger partial charge in [-0.15, -0.1) is 0 Å². The van der Waals surface area contributed by atoms with Gasteiger partial charge in [0.15, 0.2) is 5.78 Å². The molecule has 4 N–H and O–H groups in total. The number of nitrogens with two attached hydrogens (primary N) is 1. The molecule has 0 heterocycles. The van der Waals surface area contributed by atoms with Crippen LogP contribution in [0.15, 0.2) is 18.2 Å². The summed E-state index contributed by atoms with van der Waals surface area (Å²) in [7, 11) is 0. The van der Waals surface area contributed by atoms with Gasteiger partial charge in [0.25, 0.3) is 0 Å². The molecule has 2 fully saturated rings. The van der Waals surface area contributed by atoms with E-state index in [-0.39, 0.29) is 46.0 Å². The maximum absolute atomic E-state index is 13.5. The molecule has 0 aromatic heterocycles. The Morgan fingerprint density at radius 1 is 1.12 bits per heavy atom. The van der Waals surface area contributed by atoms with E-state index < -0.39 is 0 Å². The molecule has 0 spiro atoms. The van der Waals surface area contributed by atoms with Crippen molar-refractivity contribution in [1.82, 2.24) is 0 Å². The fourth-order valence-electron chi connectivity index (χ4n) is 5.92. The van der Waals surface area contributed by atoms with E-state index in [2.05, 4.69) is 27.7 Å². The summed E-state index contributed by atoms with van der Waals surface area (Å²) < 4.78 is 0. The summed E-state index contributed by atoms with van der Waals surface area (Å²) in [6.07, 6.45) is 4.28. The third-order valence-corrected chi connectivity index (χ3v) is 7.16. The van der Waals surface area contributed by atoms with Gasteiger partial charge < -0.3 is 15.9 Å². The topological polar surface area (TPSA) is 83.6 Å². The van der Waals surface area contributed by atoms with Gasteiger partial charge in [0.05, 0.1) is 0 Å². The van der Waals surface area contributed by atoms with Gasteiger partial charge in [-0.05, 0) is 54.1 Å². The highest BCUT2D eigenvalue weighted by molar-refractivity contribution is 5.99. The van der Waals surface area contributed by atoms with Crippen molar-refractivity contribution in [1.29, 1.82) is 0 Å². The molecule has 3 rings (SSSR count). The van der Waals surface area contributed by atoms with Crippen molar-refractivity contribution >= 4 is 5.78 Å². The standard InChI is InChI=1S/C21H31NO3/c1-12-16(22)11-17-20(2,3)6-5-7-21(17,4)18(12)19(25)13-8-14(23)10-15(24)9-13/h8-10,12,16-18,23-24H,5-7,11,22H2,1-4H3/t12-,16-,17+,18-,21-/m1/s1. The SMILES string of the molecule is C[C@@H]1[C@H](N)C[C@H]2C(C)(C)CCC[C@@]2(C)[C@H]1C(=O)c1cc(O)cc(O)c1. The molecule has 1 aromatic rings. The van der Waals surface area contributed by atoms with Crippen LogP contribution in [-0.2, 0) is 0 Å². The normalized spacial score (nSPS) is 37.3. The zero-order chi connectivity index (χ0) is 18.6. The first-order chi connectivity index (χ1) is 11.6. The maximum Gasteiger partial charge on any atom is 0.167 e. The van der Waals surface area contributed by atoms with Crippen molar-refractivity contribution in [3.63, 3.8) is 0 Å². The van der Waals surface area contributed by atoms with Gasteiger partial charge in [0.2, 0.25) is 0 Å². The van der Waals surface area contributed by atoms with E-state index in [1.54, 1.807) is 0 Å². The predicted octanol–water partition coefficient (Wildman–Crippen LogP) is 4.10. The van der Waals surface area contributed by atoms with E-state index in [0.29, 0.717) is 11.5 Å². The van der Waals surface area contributed by atoms with Crippen LogP contribution in [-0.4, -0.2) is 22.0 Å². The summed E-state index contributed by atoms with van der Waals surface area (Å²) >= 11 is 0. The Kier molecular flexibility index (Phi) is 4.39. The summed E-state index contributed by atoms with van der Waals surface area (Å²) in [5.74, 6) is 0.122. The number of aromatic hydroxyl groups is 2. The molecule has 0 unspecified atom stereocenters. The molecule has 5 atom stereocenters. The fourth-order valence-corrected chi connectivity index (χ4v) is 5.92. The molecule has 25 heavy (non-hydrogen) atoms. The van der Waals surface area contributed by atoms with Gasteiger partial charge >= 0.3 is 0 Å². The third-order valence-electron chi connectivity index (χ3n) is 7.16. The highest BCUT2D eigenvalue weighted by atomic mass is 16.3. The second-order valence-electron chi connectivity index (χ2n) is 9.24. The highest BCUT2D eigenvalue weighted by Crippen LogP contribution is 2.61. The Hall–Kier alpha value is -1.55. The molecule has 0 saturated heterocycles. The van der Waals surface area contributed by atoms with Crippen LogP contribution in [0, 0.1) is 28.6 Å². The lowest BCUT2D eigenvalue weighted by Gasteiger charge is -2.60. The molecule has 4 nitrogen and oxygen atoms in total. The van der Waals surface area contributed by atoms with Crippen molar-refractivity contribution in [2.45, 2.75) is 59.4 Å². The number of benzene rings is 1. The van der Waals surface area contributed by atoms with E-state index in [4.69, 9.17) is 5.73 Å². The molecular weight excluding hydrogens is 314 g/mol. The molecule has 0 amide bonds. The summed E-state index contributed by atoms with van der Waals surface area (Å²) in [6.45, 7) is 8.95. The van der Waals surface area contributed by atoms with Crippen molar-refractivity contribution < 1.29 is 15.0 Å². The Morgan fingerprint density at radius 3 is 2.32 bits per heavy atom. The van der Waals surface area contributed by atoms with Gasteiger partial charge in [-0.3, -0.25) is 4.79 Å². The second kappa shape index (κ2) is 6.01. The average Bonchev–Trinajstić information content (AvgIpc) is 2.48. The number of Topliss-reactive ketones (excluding diaryl/α,β-unsaturated/α-hetero) is 1. The first-order valence-corrected chi connectivity index (χ1v) is 9.39. The highest BCUT2D eigenvalue weighted by Gasteiger charge is 2.57. The number of carbonyl (C=O) groups excluding carboxylic acids is 1. The summed E-state index contributed by atoms with van der Waals surface area (Å²) in [6, 6.07) is 4.17. The van der Waals surface area contributed by atoms with E-state index >= 15 is 0 Å². The molecule has 1 aromatic carbocycles. The van der Waals surface area contributed by atoms with Crippen LogP contribution >= 0.6 is 0 Å². The first kappa shape index (κ1) is 18.2. The zero-order valence-corrected chi connectivity index (χ0v) is 15.7. The van der Waals surface area contributed by atoms with Crippen LogP contribution in [0.2, 0.25) is 0 Å². The fraction of sp³-hybridized carbons (Fsp3) is 0.667. The lowest BCUT2D eigenvalue weighted by atomic mass is 9.45. The molecule has 0 aliphatic heterocycles. The van der Waals surface area contributed by atoms with Crippen molar-refractivity contribution in [2.75, 3.05) is 0 Å². The number of hydrogen-bond acceptors (Lipinski definition) is 4. The Balaban J connectivity index is 2.06. The summed E-state index contributed by atoms with van der Waals surface area (Å²) in [5, 5.41) is 19.6. The van der Waals surface area contributed by atoms with Crippen LogP contribution in [0.3, 0.4) is 0 Å². The van der Waals surface area contributed by atoms with Crippen molar-refractivity contribution in [2.24, 2.45) is 34.3 Å². The number of ketones is 1. The number of phenols is 2. The third kappa shape index (κ3) is 2.95. The van der Waals surface area contributed by atoms with E-state index in [1.807, 2.05) is 0 Å². The Bertz CT molecular complexity index is 663. The zero-order valence-electron chi connectivity index (χ0n) is 15.7. The Morgan fingerprint density at radius 2 is 1.72 bits per heavy atom. The van der Waals surface area contributed by atoms with Crippen LogP contribution in [0.1, 0.15) is 63.7 Å². The van der Waals surface area contributed by atoms with Crippen LogP contribution in [0.5, 0.6) is 11.5 Å². The quantitative estimate of drug-likeness (QED) is 0.705. The predicted molar refractivity (Wildman–Crippen MR) is 98.6 cm³/mol. The van der Waals surface area contributed by atoms with Gasteiger partial charge in [-0.2, -0.15) is 0 Å². The lowest BCUT2D eigenvalue weighted by Crippen LogP contribution is -2.59. The molecular formula is C21H31NO3. The van der Waals surface area contributed by atoms with Crippen molar-refractivity contribution in [3.05, 3.63) is 23.8 Å². The van der Waals surface area contributed by atoms with E-state index in [0.717, 1.165) is 19.3 Å². The van der Waals surface area contributed by atoms with Crippen LogP contribution < -0.4 is 5.73 Å². The van der Waals surface area contributed by atoms with Crippen molar-refractivity contribution in [3.8, 4) is 11.5 Å². The molecule has 0 bridgehead atoms. The lowest BCUT2D eigenvalue weighted by molar-refractivity contribution is -0.0865. The molecule has 2 aliphatic rings. The van der Waals surface area contributed by atoms with Gasteiger partial charge in [-0.1, -0.05) is 34.1 Å².